The minimum Gasteiger partial charge on any atom is -0.477 e. The van der Waals surface area contributed by atoms with E-state index in [4.69, 9.17) is 4.43 Å². The van der Waals surface area contributed by atoms with Crippen LogP contribution in [0.4, 0.5) is 0 Å². The first-order chi connectivity index (χ1) is 11.0. The third kappa shape index (κ3) is 3.60. The van der Waals surface area contributed by atoms with Crippen molar-refractivity contribution >= 4 is 25.2 Å². The topological polar surface area (TPSA) is 68.5 Å². The van der Waals surface area contributed by atoms with Crippen LogP contribution in [0.25, 0.3) is 10.9 Å². The zero-order valence-electron chi connectivity index (χ0n) is 14.9. The summed E-state index contributed by atoms with van der Waals surface area (Å²) in [4.78, 5) is 23.6. The first-order valence-corrected chi connectivity index (χ1v) is 10.9. The molecule has 1 aromatic heterocycles. The highest BCUT2D eigenvalue weighted by molar-refractivity contribution is 6.74. The van der Waals surface area contributed by atoms with Crippen LogP contribution in [0, 0.1) is 0 Å². The van der Waals surface area contributed by atoms with E-state index in [2.05, 4.69) is 33.9 Å². The summed E-state index contributed by atoms with van der Waals surface area (Å²) in [5.74, 6) is -1.20. The number of nitrogens with zero attached hydrogens (tertiary/aromatic N) is 1. The maximum absolute atomic E-state index is 12.3. The van der Waals surface area contributed by atoms with Gasteiger partial charge >= 0.3 is 5.97 Å². The molecular formula is C18H25NO4Si. The molecule has 1 heterocycles. The van der Waals surface area contributed by atoms with E-state index >= 15 is 0 Å². The molecular weight excluding hydrogens is 322 g/mol. The summed E-state index contributed by atoms with van der Waals surface area (Å²) in [5, 5.41) is 9.81. The summed E-state index contributed by atoms with van der Waals surface area (Å²) >= 11 is 0. The molecule has 1 N–H and O–H groups in total. The Labute approximate surface area is 143 Å². The summed E-state index contributed by atoms with van der Waals surface area (Å²) in [6.45, 7) is 11.9. The van der Waals surface area contributed by atoms with E-state index in [0.717, 1.165) is 5.52 Å². The number of carbonyl (C=O) groups is 1. The molecule has 0 atom stereocenters. The lowest BCUT2D eigenvalue weighted by Gasteiger charge is -2.36. The Balaban J connectivity index is 2.34. The maximum Gasteiger partial charge on any atom is 0.341 e. The first kappa shape index (κ1) is 18.4. The van der Waals surface area contributed by atoms with Crippen molar-refractivity contribution in [2.45, 2.75) is 45.4 Å². The number of hydrogen-bond donors (Lipinski definition) is 1. The summed E-state index contributed by atoms with van der Waals surface area (Å²) in [7, 11) is -1.86. The molecule has 2 aromatic rings. The minimum atomic E-state index is -1.86. The van der Waals surface area contributed by atoms with Crippen molar-refractivity contribution in [1.29, 1.82) is 0 Å². The molecule has 130 valence electrons. The molecule has 0 aliphatic carbocycles. The lowest BCUT2D eigenvalue weighted by molar-refractivity contribution is 0.0694. The summed E-state index contributed by atoms with van der Waals surface area (Å²) in [5.41, 5.74) is 0.0759. The molecule has 0 radical (unpaired) electrons. The second-order valence-electron chi connectivity index (χ2n) is 7.50. The fourth-order valence-corrected chi connectivity index (χ4v) is 3.33. The molecule has 0 aliphatic rings. The van der Waals surface area contributed by atoms with Gasteiger partial charge in [0.15, 0.2) is 8.32 Å². The Morgan fingerprint density at radius 1 is 1.25 bits per heavy atom. The van der Waals surface area contributed by atoms with E-state index < -0.39 is 19.7 Å². The van der Waals surface area contributed by atoms with Gasteiger partial charge in [-0.2, -0.15) is 0 Å². The number of para-hydroxylation sites is 1. The highest BCUT2D eigenvalue weighted by Gasteiger charge is 2.36. The quantitative estimate of drug-likeness (QED) is 0.837. The molecule has 0 saturated carbocycles. The molecule has 1 aromatic carbocycles. The van der Waals surface area contributed by atoms with E-state index in [9.17, 15) is 14.7 Å². The van der Waals surface area contributed by atoms with Crippen LogP contribution in [0.3, 0.4) is 0 Å². The van der Waals surface area contributed by atoms with Crippen molar-refractivity contribution in [1.82, 2.24) is 4.57 Å². The van der Waals surface area contributed by atoms with Gasteiger partial charge in [-0.15, -0.1) is 0 Å². The van der Waals surface area contributed by atoms with E-state index in [1.807, 2.05) is 12.1 Å². The van der Waals surface area contributed by atoms with E-state index in [1.165, 1.54) is 6.20 Å². The van der Waals surface area contributed by atoms with Gasteiger partial charge in [0.25, 0.3) is 0 Å². The second-order valence-corrected chi connectivity index (χ2v) is 12.3. The Hall–Kier alpha value is -1.92. The van der Waals surface area contributed by atoms with Gasteiger partial charge in [-0.3, -0.25) is 4.79 Å². The standard InChI is InChI=1S/C18H25NO4Si/c1-18(2,3)24(4,5)23-11-10-19-12-14(17(21)22)16(20)13-8-6-7-9-15(13)19/h6-9,12H,10-11H2,1-5H3,(H,21,22). The number of carboxylic acid groups (broad SMARTS) is 1. The highest BCUT2D eigenvalue weighted by atomic mass is 28.4. The van der Waals surface area contributed by atoms with Gasteiger partial charge in [-0.25, -0.2) is 4.79 Å². The van der Waals surface area contributed by atoms with Gasteiger partial charge < -0.3 is 14.1 Å². The van der Waals surface area contributed by atoms with E-state index in [1.54, 1.807) is 16.7 Å². The molecule has 0 unspecified atom stereocenters. The number of benzene rings is 1. The number of aromatic nitrogens is 1. The van der Waals surface area contributed by atoms with Gasteiger partial charge in [0, 0.05) is 18.1 Å². The van der Waals surface area contributed by atoms with E-state index in [0.29, 0.717) is 18.5 Å². The Bertz CT molecular complexity index is 818. The van der Waals surface area contributed by atoms with Gasteiger partial charge in [-0.1, -0.05) is 32.9 Å². The number of pyridine rings is 1. The number of carboxylic acids is 1. The van der Waals surface area contributed by atoms with Crippen molar-refractivity contribution in [2.75, 3.05) is 6.61 Å². The van der Waals surface area contributed by atoms with Gasteiger partial charge in [0.1, 0.15) is 5.56 Å². The fraction of sp³-hybridized carbons (Fsp3) is 0.444. The lowest BCUT2D eigenvalue weighted by Crippen LogP contribution is -2.41. The van der Waals surface area contributed by atoms with Crippen LogP contribution >= 0.6 is 0 Å². The molecule has 0 amide bonds. The average molecular weight is 347 g/mol. The summed E-state index contributed by atoms with van der Waals surface area (Å²) < 4.78 is 7.97. The summed E-state index contributed by atoms with van der Waals surface area (Å²) in [6, 6.07) is 7.07. The van der Waals surface area contributed by atoms with Crippen molar-refractivity contribution in [2.24, 2.45) is 0 Å². The average Bonchev–Trinajstić information content (AvgIpc) is 2.48. The predicted molar refractivity (Wildman–Crippen MR) is 98.3 cm³/mol. The number of hydrogen-bond acceptors (Lipinski definition) is 3. The van der Waals surface area contributed by atoms with Gasteiger partial charge in [0.05, 0.1) is 12.1 Å². The molecule has 0 spiro atoms. The molecule has 0 aliphatic heterocycles. The van der Waals surface area contributed by atoms with Gasteiger partial charge in [0.2, 0.25) is 5.43 Å². The van der Waals surface area contributed by atoms with Crippen LogP contribution in [0.15, 0.2) is 35.3 Å². The molecule has 0 saturated heterocycles. The zero-order valence-corrected chi connectivity index (χ0v) is 15.9. The van der Waals surface area contributed by atoms with Crippen molar-refractivity contribution in [3.05, 3.63) is 46.2 Å². The minimum absolute atomic E-state index is 0.116. The Kier molecular flexibility index (Phi) is 5.01. The molecule has 5 nitrogen and oxygen atoms in total. The van der Waals surface area contributed by atoms with Crippen molar-refractivity contribution in [3.63, 3.8) is 0 Å². The number of rotatable bonds is 5. The number of aromatic carboxylic acids is 1. The third-order valence-electron chi connectivity index (χ3n) is 4.82. The fourth-order valence-electron chi connectivity index (χ4n) is 2.30. The van der Waals surface area contributed by atoms with E-state index in [-0.39, 0.29) is 10.6 Å². The van der Waals surface area contributed by atoms with Crippen LogP contribution in [-0.2, 0) is 11.0 Å². The van der Waals surface area contributed by atoms with Crippen LogP contribution < -0.4 is 5.43 Å². The predicted octanol–water partition coefficient (Wildman–Crippen LogP) is 3.72. The first-order valence-electron chi connectivity index (χ1n) is 8.04. The van der Waals surface area contributed by atoms with Crippen LogP contribution in [0.1, 0.15) is 31.1 Å². The normalized spacial score (nSPS) is 12.5. The largest absolute Gasteiger partial charge is 0.477 e. The van der Waals surface area contributed by atoms with Crippen LogP contribution in [-0.4, -0.2) is 30.6 Å². The number of fused-ring (bicyclic) bond motifs is 1. The van der Waals surface area contributed by atoms with Crippen LogP contribution in [0.5, 0.6) is 0 Å². The van der Waals surface area contributed by atoms with Crippen LogP contribution in [0.2, 0.25) is 18.1 Å². The zero-order chi connectivity index (χ0) is 18.1. The van der Waals surface area contributed by atoms with Gasteiger partial charge in [-0.05, 0) is 30.3 Å². The smallest absolute Gasteiger partial charge is 0.341 e. The van der Waals surface area contributed by atoms with Crippen molar-refractivity contribution in [3.8, 4) is 0 Å². The Morgan fingerprint density at radius 2 is 1.88 bits per heavy atom. The molecule has 6 heteroatoms. The molecule has 2 rings (SSSR count). The Morgan fingerprint density at radius 3 is 2.46 bits per heavy atom. The second kappa shape index (κ2) is 6.53. The molecule has 0 fully saturated rings. The third-order valence-corrected chi connectivity index (χ3v) is 9.36. The maximum atomic E-state index is 12.3. The SMILES string of the molecule is CC(C)(C)[Si](C)(C)OCCn1cc(C(=O)O)c(=O)c2ccccc21. The molecule has 0 bridgehead atoms. The lowest BCUT2D eigenvalue weighted by atomic mass is 10.1. The van der Waals surface area contributed by atoms with Crippen molar-refractivity contribution < 1.29 is 14.3 Å². The molecule has 24 heavy (non-hydrogen) atoms. The highest BCUT2D eigenvalue weighted by Crippen LogP contribution is 2.36. The monoisotopic (exact) mass is 347 g/mol. The summed E-state index contributed by atoms with van der Waals surface area (Å²) in [6.07, 6.45) is 1.42.